The number of hydrogen-bond donors (Lipinski definition) is 0. The number of carbonyl (C=O) groups excluding carboxylic acids is 1. The van der Waals surface area contributed by atoms with Gasteiger partial charge < -0.3 is 9.80 Å². The van der Waals surface area contributed by atoms with Crippen LogP contribution in [-0.2, 0) is 6.54 Å². The summed E-state index contributed by atoms with van der Waals surface area (Å²) in [5.41, 5.74) is 2.60. The number of amides is 1. The summed E-state index contributed by atoms with van der Waals surface area (Å²) in [5.74, 6) is -0.0770. The second kappa shape index (κ2) is 9.69. The maximum Gasteiger partial charge on any atom is 0.253 e. The lowest BCUT2D eigenvalue weighted by Crippen LogP contribution is -2.35. The van der Waals surface area contributed by atoms with Gasteiger partial charge in [-0.05, 0) is 50.6 Å². The Bertz CT molecular complexity index is 774. The fourth-order valence-electron chi connectivity index (χ4n) is 3.79. The Balaban J connectivity index is 1.60. The van der Waals surface area contributed by atoms with Crippen LogP contribution >= 0.6 is 0 Å². The molecular formula is C23H30FN3O. The van der Waals surface area contributed by atoms with Crippen molar-refractivity contribution in [2.24, 2.45) is 0 Å². The van der Waals surface area contributed by atoms with Crippen molar-refractivity contribution in [2.45, 2.75) is 26.8 Å². The number of hydrogen-bond acceptors (Lipinski definition) is 3. The second-order valence-corrected chi connectivity index (χ2v) is 7.23. The molecule has 4 nitrogen and oxygen atoms in total. The number of benzene rings is 2. The Kier molecular flexibility index (Phi) is 7.04. The average molecular weight is 384 g/mol. The van der Waals surface area contributed by atoms with E-state index in [1.807, 2.05) is 41.3 Å². The molecule has 1 fully saturated rings. The summed E-state index contributed by atoms with van der Waals surface area (Å²) < 4.78 is 13.9. The number of anilines is 1. The van der Waals surface area contributed by atoms with Gasteiger partial charge in [-0.2, -0.15) is 0 Å². The van der Waals surface area contributed by atoms with Crippen LogP contribution in [0.5, 0.6) is 0 Å². The third kappa shape index (κ3) is 4.90. The zero-order valence-electron chi connectivity index (χ0n) is 16.9. The Hall–Kier alpha value is -2.40. The Morgan fingerprint density at radius 1 is 0.964 bits per heavy atom. The molecule has 0 aliphatic carbocycles. The molecule has 2 aromatic rings. The van der Waals surface area contributed by atoms with E-state index in [1.165, 1.54) is 6.07 Å². The van der Waals surface area contributed by atoms with E-state index in [4.69, 9.17) is 0 Å². The van der Waals surface area contributed by atoms with Gasteiger partial charge in [0.25, 0.3) is 5.91 Å². The highest BCUT2D eigenvalue weighted by Gasteiger charge is 2.21. The molecule has 150 valence electrons. The second-order valence-electron chi connectivity index (χ2n) is 7.23. The number of rotatable bonds is 6. The SMILES string of the molecule is CCN(CC)c1ccc(C(=O)N2CCCN(Cc3ccccc3F)CC2)cc1. The van der Waals surface area contributed by atoms with Gasteiger partial charge >= 0.3 is 0 Å². The molecule has 1 saturated heterocycles. The normalized spacial score (nSPS) is 15.3. The highest BCUT2D eigenvalue weighted by molar-refractivity contribution is 5.94. The zero-order chi connectivity index (χ0) is 19.9. The maximum atomic E-state index is 13.9. The summed E-state index contributed by atoms with van der Waals surface area (Å²) in [5, 5.41) is 0. The van der Waals surface area contributed by atoms with E-state index in [2.05, 4.69) is 23.6 Å². The molecule has 3 rings (SSSR count). The van der Waals surface area contributed by atoms with Crippen molar-refractivity contribution in [1.29, 1.82) is 0 Å². The minimum absolute atomic E-state index is 0.0823. The highest BCUT2D eigenvalue weighted by atomic mass is 19.1. The van der Waals surface area contributed by atoms with Gasteiger partial charge in [0.2, 0.25) is 0 Å². The van der Waals surface area contributed by atoms with E-state index in [0.29, 0.717) is 18.7 Å². The topological polar surface area (TPSA) is 26.8 Å². The molecule has 1 aliphatic rings. The average Bonchev–Trinajstić information content (AvgIpc) is 2.96. The fourth-order valence-corrected chi connectivity index (χ4v) is 3.79. The van der Waals surface area contributed by atoms with Crippen LogP contribution in [-0.4, -0.2) is 55.0 Å². The molecule has 0 saturated carbocycles. The Labute approximate surface area is 167 Å². The highest BCUT2D eigenvalue weighted by Crippen LogP contribution is 2.18. The van der Waals surface area contributed by atoms with Crippen LogP contribution in [0.25, 0.3) is 0 Å². The van der Waals surface area contributed by atoms with Crippen LogP contribution in [0.2, 0.25) is 0 Å². The number of halogens is 1. The molecule has 28 heavy (non-hydrogen) atoms. The summed E-state index contributed by atoms with van der Waals surface area (Å²) in [6.07, 6.45) is 0.901. The summed E-state index contributed by atoms with van der Waals surface area (Å²) in [4.78, 5) is 19.3. The molecule has 0 N–H and O–H groups in total. The summed E-state index contributed by atoms with van der Waals surface area (Å²) in [6.45, 7) is 9.81. The quantitative estimate of drug-likeness (QED) is 0.754. The van der Waals surface area contributed by atoms with Crippen molar-refractivity contribution in [2.75, 3.05) is 44.2 Å². The first-order valence-corrected chi connectivity index (χ1v) is 10.2. The molecule has 0 aromatic heterocycles. The first-order chi connectivity index (χ1) is 13.6. The molecule has 1 aliphatic heterocycles. The molecule has 1 heterocycles. The van der Waals surface area contributed by atoms with Crippen LogP contribution in [0.1, 0.15) is 36.2 Å². The maximum absolute atomic E-state index is 13.9. The van der Waals surface area contributed by atoms with Gasteiger partial charge in [0.1, 0.15) is 5.82 Å². The van der Waals surface area contributed by atoms with Crippen molar-refractivity contribution < 1.29 is 9.18 Å². The third-order valence-electron chi connectivity index (χ3n) is 5.47. The molecule has 0 bridgehead atoms. The van der Waals surface area contributed by atoms with Crippen LogP contribution in [0, 0.1) is 5.82 Å². The lowest BCUT2D eigenvalue weighted by atomic mass is 10.1. The standard InChI is InChI=1S/C23H30FN3O/c1-3-26(4-2)21-12-10-19(11-13-21)23(28)27-15-7-14-25(16-17-27)18-20-8-5-6-9-22(20)24/h5-6,8-13H,3-4,7,14-18H2,1-2H3. The third-order valence-corrected chi connectivity index (χ3v) is 5.47. The van der Waals surface area contributed by atoms with Crippen LogP contribution in [0.4, 0.5) is 10.1 Å². The molecule has 5 heteroatoms. The number of carbonyl (C=O) groups is 1. The lowest BCUT2D eigenvalue weighted by Gasteiger charge is -2.23. The van der Waals surface area contributed by atoms with E-state index in [9.17, 15) is 9.18 Å². The van der Waals surface area contributed by atoms with Crippen molar-refractivity contribution in [1.82, 2.24) is 9.80 Å². The number of nitrogens with zero attached hydrogens (tertiary/aromatic N) is 3. The smallest absolute Gasteiger partial charge is 0.253 e. The minimum Gasteiger partial charge on any atom is -0.372 e. The first-order valence-electron chi connectivity index (χ1n) is 10.2. The van der Waals surface area contributed by atoms with Gasteiger partial charge in [0.15, 0.2) is 0 Å². The van der Waals surface area contributed by atoms with E-state index >= 15 is 0 Å². The summed E-state index contributed by atoms with van der Waals surface area (Å²) >= 11 is 0. The van der Waals surface area contributed by atoms with Gasteiger partial charge in [-0.15, -0.1) is 0 Å². The summed E-state index contributed by atoms with van der Waals surface area (Å²) in [6, 6.07) is 14.8. The Morgan fingerprint density at radius 3 is 2.36 bits per heavy atom. The van der Waals surface area contributed by atoms with Gasteiger partial charge in [0.05, 0.1) is 0 Å². The molecular weight excluding hydrogens is 353 g/mol. The van der Waals surface area contributed by atoms with Crippen molar-refractivity contribution in [3.05, 3.63) is 65.5 Å². The van der Waals surface area contributed by atoms with Crippen LogP contribution in [0.3, 0.4) is 0 Å². The van der Waals surface area contributed by atoms with Gasteiger partial charge in [-0.1, -0.05) is 18.2 Å². The van der Waals surface area contributed by atoms with E-state index in [-0.39, 0.29) is 11.7 Å². The van der Waals surface area contributed by atoms with E-state index in [0.717, 1.165) is 50.4 Å². The molecule has 0 unspecified atom stereocenters. The predicted octanol–water partition coefficient (Wildman–Crippen LogP) is 4.02. The first kappa shape index (κ1) is 20.3. The zero-order valence-corrected chi connectivity index (χ0v) is 16.9. The van der Waals surface area contributed by atoms with Crippen LogP contribution in [0.15, 0.2) is 48.5 Å². The molecule has 0 radical (unpaired) electrons. The van der Waals surface area contributed by atoms with Gasteiger partial charge in [-0.25, -0.2) is 4.39 Å². The van der Waals surface area contributed by atoms with E-state index in [1.54, 1.807) is 6.07 Å². The summed E-state index contributed by atoms with van der Waals surface area (Å²) in [7, 11) is 0. The molecule has 0 atom stereocenters. The van der Waals surface area contributed by atoms with E-state index < -0.39 is 0 Å². The predicted molar refractivity (Wildman–Crippen MR) is 112 cm³/mol. The van der Waals surface area contributed by atoms with Crippen molar-refractivity contribution >= 4 is 11.6 Å². The molecule has 1 amide bonds. The van der Waals surface area contributed by atoms with Crippen LogP contribution < -0.4 is 4.90 Å². The fraction of sp³-hybridized carbons (Fsp3) is 0.435. The molecule has 0 spiro atoms. The monoisotopic (exact) mass is 383 g/mol. The lowest BCUT2D eigenvalue weighted by molar-refractivity contribution is 0.0761. The largest absolute Gasteiger partial charge is 0.372 e. The van der Waals surface area contributed by atoms with Gasteiger partial charge in [-0.3, -0.25) is 9.69 Å². The minimum atomic E-state index is -0.159. The Morgan fingerprint density at radius 2 is 1.68 bits per heavy atom. The van der Waals surface area contributed by atoms with Gasteiger partial charge in [0, 0.05) is 62.6 Å². The van der Waals surface area contributed by atoms with Crippen molar-refractivity contribution in [3.8, 4) is 0 Å². The molecule has 2 aromatic carbocycles. The van der Waals surface area contributed by atoms with Crippen molar-refractivity contribution in [3.63, 3.8) is 0 Å².